The topological polar surface area (TPSA) is 23.5 Å². The van der Waals surface area contributed by atoms with E-state index in [2.05, 4.69) is 43.0 Å². The van der Waals surface area contributed by atoms with Gasteiger partial charge in [-0.05, 0) is 50.0 Å². The Labute approximate surface area is 122 Å². The van der Waals surface area contributed by atoms with Gasteiger partial charge < -0.3 is 10.0 Å². The van der Waals surface area contributed by atoms with Gasteiger partial charge in [0.25, 0.3) is 0 Å². The van der Waals surface area contributed by atoms with Crippen molar-refractivity contribution in [3.8, 4) is 0 Å². The number of para-hydroxylation sites is 1. The van der Waals surface area contributed by atoms with Crippen LogP contribution < -0.4 is 4.90 Å². The Hall–Kier alpha value is -1.02. The number of aliphatic hydroxyl groups is 1. The van der Waals surface area contributed by atoms with Crippen LogP contribution in [0.15, 0.2) is 24.3 Å². The van der Waals surface area contributed by atoms with E-state index in [9.17, 15) is 5.11 Å². The molecular weight excluding hydrogens is 246 g/mol. The fourth-order valence-electron chi connectivity index (χ4n) is 3.94. The summed E-state index contributed by atoms with van der Waals surface area (Å²) >= 11 is 0. The summed E-state index contributed by atoms with van der Waals surface area (Å²) in [6.45, 7) is 5.89. The molecule has 0 bridgehead atoms. The number of hydrogen-bond donors (Lipinski definition) is 1. The van der Waals surface area contributed by atoms with Crippen molar-refractivity contribution in [3.63, 3.8) is 0 Å². The molecule has 3 rings (SSSR count). The molecule has 0 saturated heterocycles. The number of anilines is 1. The summed E-state index contributed by atoms with van der Waals surface area (Å²) < 4.78 is 0. The Morgan fingerprint density at radius 2 is 1.85 bits per heavy atom. The lowest BCUT2D eigenvalue weighted by Crippen LogP contribution is -2.41. The quantitative estimate of drug-likeness (QED) is 0.831. The van der Waals surface area contributed by atoms with Crippen LogP contribution in [0.4, 0.5) is 5.69 Å². The molecule has 20 heavy (non-hydrogen) atoms. The molecule has 4 unspecified atom stereocenters. The van der Waals surface area contributed by atoms with Gasteiger partial charge in [0, 0.05) is 23.8 Å². The van der Waals surface area contributed by atoms with Gasteiger partial charge in [-0.1, -0.05) is 32.0 Å². The van der Waals surface area contributed by atoms with E-state index in [1.807, 2.05) is 0 Å². The van der Waals surface area contributed by atoms with E-state index in [1.165, 1.54) is 24.9 Å². The molecule has 1 N–H and O–H groups in total. The molecule has 0 amide bonds. The van der Waals surface area contributed by atoms with Crippen molar-refractivity contribution in [2.24, 2.45) is 11.8 Å². The Kier molecular flexibility index (Phi) is 4.02. The van der Waals surface area contributed by atoms with Crippen LogP contribution in [0.3, 0.4) is 0 Å². The zero-order valence-corrected chi connectivity index (χ0v) is 12.8. The van der Waals surface area contributed by atoms with Crippen molar-refractivity contribution < 1.29 is 5.11 Å². The monoisotopic (exact) mass is 273 g/mol. The van der Waals surface area contributed by atoms with Crippen molar-refractivity contribution in [2.75, 3.05) is 11.4 Å². The van der Waals surface area contributed by atoms with Crippen LogP contribution >= 0.6 is 0 Å². The second-order valence-corrected chi connectivity index (χ2v) is 6.83. The lowest BCUT2D eigenvalue weighted by Gasteiger charge is -2.40. The predicted molar refractivity (Wildman–Crippen MR) is 83.9 cm³/mol. The van der Waals surface area contributed by atoms with Crippen molar-refractivity contribution in [3.05, 3.63) is 29.8 Å². The van der Waals surface area contributed by atoms with Gasteiger partial charge in [-0.15, -0.1) is 0 Å². The summed E-state index contributed by atoms with van der Waals surface area (Å²) in [7, 11) is 0. The largest absolute Gasteiger partial charge is 0.388 e. The molecule has 4 atom stereocenters. The first kappa shape index (κ1) is 13.9. The van der Waals surface area contributed by atoms with Crippen LogP contribution in [0.5, 0.6) is 0 Å². The van der Waals surface area contributed by atoms with E-state index in [4.69, 9.17) is 0 Å². The minimum atomic E-state index is -0.281. The van der Waals surface area contributed by atoms with E-state index < -0.39 is 0 Å². The van der Waals surface area contributed by atoms with Crippen molar-refractivity contribution in [1.82, 2.24) is 0 Å². The minimum absolute atomic E-state index is 0.281. The molecule has 110 valence electrons. The van der Waals surface area contributed by atoms with Crippen LogP contribution in [-0.4, -0.2) is 17.7 Å². The first-order chi connectivity index (χ1) is 9.66. The zero-order valence-electron chi connectivity index (χ0n) is 12.8. The van der Waals surface area contributed by atoms with E-state index in [0.29, 0.717) is 6.04 Å². The van der Waals surface area contributed by atoms with Gasteiger partial charge >= 0.3 is 0 Å². The lowest BCUT2D eigenvalue weighted by atomic mass is 9.78. The maximum atomic E-state index is 10.3. The van der Waals surface area contributed by atoms with Gasteiger partial charge in [-0.3, -0.25) is 0 Å². The van der Waals surface area contributed by atoms with Crippen LogP contribution in [0.1, 0.15) is 57.6 Å². The zero-order chi connectivity index (χ0) is 14.1. The highest BCUT2D eigenvalue weighted by atomic mass is 16.3. The average Bonchev–Trinajstić information content (AvgIpc) is 2.62. The SMILES string of the molecule is CC1CCC(N2CCCC(O)c3ccccc32)CC1C. The van der Waals surface area contributed by atoms with E-state index in [1.54, 1.807) is 0 Å². The molecule has 1 aromatic rings. The second kappa shape index (κ2) is 5.77. The summed E-state index contributed by atoms with van der Waals surface area (Å²) in [4.78, 5) is 2.59. The molecule has 1 fully saturated rings. The first-order valence-electron chi connectivity index (χ1n) is 8.20. The molecule has 0 aromatic heterocycles. The summed E-state index contributed by atoms with van der Waals surface area (Å²) in [6.07, 6.45) is 5.65. The number of fused-ring (bicyclic) bond motifs is 1. The summed E-state index contributed by atoms with van der Waals surface area (Å²) in [5, 5.41) is 10.3. The fourth-order valence-corrected chi connectivity index (χ4v) is 3.94. The normalized spacial score (nSPS) is 34.5. The Morgan fingerprint density at radius 1 is 1.05 bits per heavy atom. The summed E-state index contributed by atoms with van der Waals surface area (Å²) in [5.41, 5.74) is 2.42. The number of nitrogens with zero attached hydrogens (tertiary/aromatic N) is 1. The number of rotatable bonds is 1. The van der Waals surface area contributed by atoms with Gasteiger partial charge in [0.1, 0.15) is 0 Å². The first-order valence-corrected chi connectivity index (χ1v) is 8.20. The van der Waals surface area contributed by atoms with Crippen LogP contribution in [0.25, 0.3) is 0 Å². The Balaban J connectivity index is 1.87. The third-order valence-corrected chi connectivity index (χ3v) is 5.49. The van der Waals surface area contributed by atoms with Crippen LogP contribution in [-0.2, 0) is 0 Å². The van der Waals surface area contributed by atoms with Crippen LogP contribution in [0, 0.1) is 11.8 Å². The van der Waals surface area contributed by atoms with E-state index in [0.717, 1.165) is 36.8 Å². The van der Waals surface area contributed by atoms with E-state index in [-0.39, 0.29) is 6.10 Å². The molecular formula is C18H27NO. The van der Waals surface area contributed by atoms with Gasteiger partial charge in [0.15, 0.2) is 0 Å². The molecule has 1 aromatic carbocycles. The molecule has 0 radical (unpaired) electrons. The molecule has 2 nitrogen and oxygen atoms in total. The van der Waals surface area contributed by atoms with Crippen molar-refractivity contribution in [1.29, 1.82) is 0 Å². The number of benzene rings is 1. The van der Waals surface area contributed by atoms with Gasteiger partial charge in [0.05, 0.1) is 6.10 Å². The molecule has 1 saturated carbocycles. The Bertz CT molecular complexity index is 458. The molecule has 2 aliphatic rings. The molecule has 0 spiro atoms. The van der Waals surface area contributed by atoms with Crippen molar-refractivity contribution in [2.45, 2.75) is 58.1 Å². The average molecular weight is 273 g/mol. The summed E-state index contributed by atoms with van der Waals surface area (Å²) in [6, 6.07) is 9.13. The lowest BCUT2D eigenvalue weighted by molar-refractivity contribution is 0.168. The van der Waals surface area contributed by atoms with Crippen LogP contribution in [0.2, 0.25) is 0 Å². The number of hydrogen-bond acceptors (Lipinski definition) is 2. The summed E-state index contributed by atoms with van der Waals surface area (Å²) in [5.74, 6) is 1.67. The third kappa shape index (κ3) is 2.58. The number of aliphatic hydroxyl groups excluding tert-OH is 1. The third-order valence-electron chi connectivity index (χ3n) is 5.49. The highest BCUT2D eigenvalue weighted by Crippen LogP contribution is 2.39. The molecule has 2 heteroatoms. The highest BCUT2D eigenvalue weighted by molar-refractivity contribution is 5.56. The molecule has 1 aliphatic heterocycles. The molecule has 1 heterocycles. The van der Waals surface area contributed by atoms with Gasteiger partial charge in [-0.2, -0.15) is 0 Å². The highest BCUT2D eigenvalue weighted by Gasteiger charge is 2.31. The van der Waals surface area contributed by atoms with E-state index >= 15 is 0 Å². The molecule has 1 aliphatic carbocycles. The Morgan fingerprint density at radius 3 is 2.65 bits per heavy atom. The van der Waals surface area contributed by atoms with Gasteiger partial charge in [0.2, 0.25) is 0 Å². The predicted octanol–water partition coefficient (Wildman–Crippen LogP) is 4.14. The second-order valence-electron chi connectivity index (χ2n) is 6.83. The standard InChI is InChI=1S/C18H27NO/c1-13-9-10-15(12-14(13)2)19-11-5-8-18(20)16-6-3-4-7-17(16)19/h3-4,6-7,13-15,18,20H,5,8-12H2,1-2H3. The maximum absolute atomic E-state index is 10.3. The maximum Gasteiger partial charge on any atom is 0.0810 e. The van der Waals surface area contributed by atoms with Gasteiger partial charge in [-0.25, -0.2) is 0 Å². The fraction of sp³-hybridized carbons (Fsp3) is 0.667. The van der Waals surface area contributed by atoms with Crippen molar-refractivity contribution >= 4 is 5.69 Å². The minimum Gasteiger partial charge on any atom is -0.388 e. The smallest absolute Gasteiger partial charge is 0.0810 e.